The molecule has 3 rings (SSSR count). The van der Waals surface area contributed by atoms with E-state index in [4.69, 9.17) is 0 Å². The molecule has 0 bridgehead atoms. The van der Waals surface area contributed by atoms with Gasteiger partial charge in [-0.1, -0.05) is 0 Å². The van der Waals surface area contributed by atoms with E-state index in [1.165, 1.54) is 10.6 Å². The van der Waals surface area contributed by atoms with Gasteiger partial charge in [-0.3, -0.25) is 14.4 Å². The first-order chi connectivity index (χ1) is 9.63. The van der Waals surface area contributed by atoms with Gasteiger partial charge in [0.25, 0.3) is 0 Å². The molecule has 0 aliphatic carbocycles. The normalized spacial score (nSPS) is 11.3. The number of hydrogen-bond donors (Lipinski definition) is 1. The maximum Gasteiger partial charge on any atom is 0.194 e. The highest BCUT2D eigenvalue weighted by molar-refractivity contribution is 7.17. The quantitative estimate of drug-likeness (QED) is 0.800. The fourth-order valence-corrected chi connectivity index (χ4v) is 3.03. The van der Waals surface area contributed by atoms with E-state index in [1.807, 2.05) is 13.1 Å². The standard InChI is InChI=1S/C14H17N5S/c1-9-4-17-12(6-16-9)5-15-7-13-11(3)18-14-19(13)8-10(2)20-14/h4,6,8,15H,5,7H2,1-3H3. The Morgan fingerprint density at radius 1 is 1.15 bits per heavy atom. The second kappa shape index (κ2) is 5.30. The molecule has 0 spiro atoms. The second-order valence-electron chi connectivity index (χ2n) is 4.89. The average Bonchev–Trinajstić information content (AvgIpc) is 2.89. The summed E-state index contributed by atoms with van der Waals surface area (Å²) in [7, 11) is 0. The van der Waals surface area contributed by atoms with Gasteiger partial charge in [0.15, 0.2) is 4.96 Å². The van der Waals surface area contributed by atoms with Gasteiger partial charge in [-0.15, -0.1) is 11.3 Å². The molecule has 3 aromatic heterocycles. The van der Waals surface area contributed by atoms with Crippen LogP contribution in [0.2, 0.25) is 0 Å². The number of thiazole rings is 1. The zero-order valence-electron chi connectivity index (χ0n) is 11.8. The van der Waals surface area contributed by atoms with Crippen LogP contribution >= 0.6 is 11.3 Å². The van der Waals surface area contributed by atoms with Crippen molar-refractivity contribution in [3.05, 3.63) is 46.2 Å². The van der Waals surface area contributed by atoms with Crippen LogP contribution in [-0.4, -0.2) is 19.4 Å². The first kappa shape index (κ1) is 13.2. The van der Waals surface area contributed by atoms with E-state index in [9.17, 15) is 0 Å². The van der Waals surface area contributed by atoms with Gasteiger partial charge in [0.2, 0.25) is 0 Å². The monoisotopic (exact) mass is 287 g/mol. The highest BCUT2D eigenvalue weighted by atomic mass is 32.1. The van der Waals surface area contributed by atoms with E-state index in [2.05, 4.69) is 44.7 Å². The summed E-state index contributed by atoms with van der Waals surface area (Å²) in [6.07, 6.45) is 5.75. The van der Waals surface area contributed by atoms with Crippen LogP contribution < -0.4 is 5.32 Å². The number of rotatable bonds is 4. The molecule has 0 radical (unpaired) electrons. The Balaban J connectivity index is 1.70. The average molecular weight is 287 g/mol. The molecule has 104 valence electrons. The number of aryl methyl sites for hydroxylation is 3. The molecule has 0 amide bonds. The van der Waals surface area contributed by atoms with Crippen molar-refractivity contribution in [3.63, 3.8) is 0 Å². The van der Waals surface area contributed by atoms with Gasteiger partial charge in [0, 0.05) is 36.6 Å². The van der Waals surface area contributed by atoms with Crippen LogP contribution in [0.3, 0.4) is 0 Å². The number of nitrogens with one attached hydrogen (secondary N) is 1. The minimum Gasteiger partial charge on any atom is -0.305 e. The molecule has 20 heavy (non-hydrogen) atoms. The van der Waals surface area contributed by atoms with E-state index >= 15 is 0 Å². The fraction of sp³-hybridized carbons (Fsp3) is 0.357. The summed E-state index contributed by atoms with van der Waals surface area (Å²) in [5, 5.41) is 3.41. The van der Waals surface area contributed by atoms with Gasteiger partial charge in [-0.25, -0.2) is 4.98 Å². The number of aromatic nitrogens is 4. The van der Waals surface area contributed by atoms with Crippen molar-refractivity contribution in [1.82, 2.24) is 24.7 Å². The van der Waals surface area contributed by atoms with E-state index in [1.54, 1.807) is 17.5 Å². The van der Waals surface area contributed by atoms with Crippen molar-refractivity contribution in [1.29, 1.82) is 0 Å². The van der Waals surface area contributed by atoms with Crippen LogP contribution in [0.15, 0.2) is 18.6 Å². The van der Waals surface area contributed by atoms with Gasteiger partial charge in [-0.2, -0.15) is 0 Å². The molecule has 3 heterocycles. The molecule has 6 heteroatoms. The zero-order chi connectivity index (χ0) is 14.1. The minimum absolute atomic E-state index is 0.711. The van der Waals surface area contributed by atoms with E-state index < -0.39 is 0 Å². The van der Waals surface area contributed by atoms with Gasteiger partial charge in [0.1, 0.15) is 0 Å². The predicted octanol–water partition coefficient (Wildman–Crippen LogP) is 2.40. The Kier molecular flexibility index (Phi) is 3.50. The highest BCUT2D eigenvalue weighted by Gasteiger charge is 2.10. The van der Waals surface area contributed by atoms with Crippen LogP contribution in [0.1, 0.15) is 27.7 Å². The van der Waals surface area contributed by atoms with Crippen molar-refractivity contribution in [3.8, 4) is 0 Å². The number of fused-ring (bicyclic) bond motifs is 1. The topological polar surface area (TPSA) is 55.1 Å². The van der Waals surface area contributed by atoms with Gasteiger partial charge in [0.05, 0.1) is 22.8 Å². The molecule has 0 saturated carbocycles. The lowest BCUT2D eigenvalue weighted by Gasteiger charge is -2.05. The molecule has 0 atom stereocenters. The van der Waals surface area contributed by atoms with E-state index in [0.717, 1.165) is 28.6 Å². The Morgan fingerprint density at radius 3 is 2.75 bits per heavy atom. The van der Waals surface area contributed by atoms with Gasteiger partial charge >= 0.3 is 0 Å². The summed E-state index contributed by atoms with van der Waals surface area (Å²) >= 11 is 1.72. The summed E-state index contributed by atoms with van der Waals surface area (Å²) in [4.78, 5) is 15.5. The van der Waals surface area contributed by atoms with E-state index in [-0.39, 0.29) is 0 Å². The predicted molar refractivity (Wildman–Crippen MR) is 79.9 cm³/mol. The first-order valence-electron chi connectivity index (χ1n) is 6.55. The number of imidazole rings is 1. The molecular formula is C14H17N5S. The Bertz CT molecular complexity index is 726. The third-order valence-electron chi connectivity index (χ3n) is 3.17. The van der Waals surface area contributed by atoms with Crippen LogP contribution in [0.4, 0.5) is 0 Å². The maximum atomic E-state index is 4.58. The number of nitrogens with zero attached hydrogens (tertiary/aromatic N) is 4. The van der Waals surface area contributed by atoms with Crippen LogP contribution in [0.5, 0.6) is 0 Å². The van der Waals surface area contributed by atoms with Crippen LogP contribution in [-0.2, 0) is 13.1 Å². The Morgan fingerprint density at radius 2 is 2.00 bits per heavy atom. The molecule has 0 aliphatic rings. The summed E-state index contributed by atoms with van der Waals surface area (Å²) < 4.78 is 2.17. The van der Waals surface area contributed by atoms with Crippen molar-refractivity contribution in [2.75, 3.05) is 0 Å². The molecule has 3 aromatic rings. The highest BCUT2D eigenvalue weighted by Crippen LogP contribution is 2.20. The largest absolute Gasteiger partial charge is 0.305 e. The lowest BCUT2D eigenvalue weighted by Crippen LogP contribution is -2.15. The Labute approximate surface area is 121 Å². The summed E-state index contributed by atoms with van der Waals surface area (Å²) in [5.41, 5.74) is 4.19. The molecule has 0 aromatic carbocycles. The number of hydrogen-bond acceptors (Lipinski definition) is 5. The van der Waals surface area contributed by atoms with Crippen molar-refractivity contribution in [2.24, 2.45) is 0 Å². The maximum absolute atomic E-state index is 4.58. The van der Waals surface area contributed by atoms with Gasteiger partial charge < -0.3 is 5.32 Å². The summed E-state index contributed by atoms with van der Waals surface area (Å²) in [6, 6.07) is 0. The molecular weight excluding hydrogens is 270 g/mol. The second-order valence-corrected chi connectivity index (χ2v) is 6.10. The molecule has 0 unspecified atom stereocenters. The fourth-order valence-electron chi connectivity index (χ4n) is 2.14. The SMILES string of the molecule is Cc1cnc(CNCc2c(C)nc3sc(C)cn23)cn1. The van der Waals surface area contributed by atoms with Crippen molar-refractivity contribution >= 4 is 16.3 Å². The minimum atomic E-state index is 0.711. The van der Waals surface area contributed by atoms with Gasteiger partial charge in [-0.05, 0) is 20.8 Å². The lowest BCUT2D eigenvalue weighted by molar-refractivity contribution is 0.658. The zero-order valence-corrected chi connectivity index (χ0v) is 12.7. The van der Waals surface area contributed by atoms with Crippen LogP contribution in [0, 0.1) is 20.8 Å². The Hall–Kier alpha value is -1.79. The molecule has 5 nitrogen and oxygen atoms in total. The van der Waals surface area contributed by atoms with Crippen LogP contribution in [0.25, 0.3) is 4.96 Å². The third-order valence-corrected chi connectivity index (χ3v) is 4.07. The molecule has 0 aliphatic heterocycles. The molecule has 0 saturated heterocycles. The molecule has 0 fully saturated rings. The third kappa shape index (κ3) is 2.57. The summed E-state index contributed by atoms with van der Waals surface area (Å²) in [5.74, 6) is 0. The summed E-state index contributed by atoms with van der Waals surface area (Å²) in [6.45, 7) is 7.59. The van der Waals surface area contributed by atoms with E-state index in [0.29, 0.717) is 6.54 Å². The lowest BCUT2D eigenvalue weighted by atomic mass is 10.3. The molecule has 1 N–H and O–H groups in total. The smallest absolute Gasteiger partial charge is 0.194 e. The first-order valence-corrected chi connectivity index (χ1v) is 7.37. The van der Waals surface area contributed by atoms with Crippen molar-refractivity contribution < 1.29 is 0 Å². The van der Waals surface area contributed by atoms with Crippen molar-refractivity contribution in [2.45, 2.75) is 33.9 Å².